The minimum absolute atomic E-state index is 0.292. The van der Waals surface area contributed by atoms with E-state index < -0.39 is 0 Å². The second-order valence-corrected chi connectivity index (χ2v) is 4.66. The van der Waals surface area contributed by atoms with E-state index in [-0.39, 0.29) is 5.82 Å². The van der Waals surface area contributed by atoms with Gasteiger partial charge in [-0.2, -0.15) is 0 Å². The van der Waals surface area contributed by atoms with E-state index in [1.54, 1.807) is 18.2 Å². The number of aromatic nitrogens is 1. The van der Waals surface area contributed by atoms with Crippen molar-refractivity contribution >= 4 is 10.9 Å². The van der Waals surface area contributed by atoms with Crippen molar-refractivity contribution in [1.82, 2.24) is 4.57 Å². The quantitative estimate of drug-likeness (QED) is 0.685. The van der Waals surface area contributed by atoms with Crippen molar-refractivity contribution in [3.05, 3.63) is 66.1 Å². The molecule has 0 fully saturated rings. The first-order valence-electron chi connectivity index (χ1n) is 6.74. The Morgan fingerprint density at radius 1 is 1.05 bits per heavy atom. The summed E-state index contributed by atoms with van der Waals surface area (Å²) in [6, 6.07) is 16.8. The molecule has 0 radical (unpaired) electrons. The molecule has 0 aliphatic heterocycles. The number of halogens is 1. The van der Waals surface area contributed by atoms with Crippen LogP contribution in [0.4, 0.5) is 4.39 Å². The fraction of sp³-hybridized carbons (Fsp3) is 0.176. The smallest absolute Gasteiger partial charge is 0.165 e. The number of para-hydroxylation sites is 2. The van der Waals surface area contributed by atoms with E-state index in [0.717, 1.165) is 12.2 Å². The normalized spacial score (nSPS) is 10.9. The van der Waals surface area contributed by atoms with Crippen molar-refractivity contribution in [1.29, 1.82) is 0 Å². The van der Waals surface area contributed by atoms with Crippen molar-refractivity contribution < 1.29 is 9.13 Å². The first-order chi connectivity index (χ1) is 9.79. The van der Waals surface area contributed by atoms with Gasteiger partial charge in [-0.3, -0.25) is 0 Å². The Bertz CT molecular complexity index is 733. The third kappa shape index (κ3) is 2.27. The SMILES string of the molecule is CCn1c(COc2ccccc2F)cc2ccccc21. The Labute approximate surface area is 117 Å². The first-order valence-corrected chi connectivity index (χ1v) is 6.74. The molecule has 3 aromatic rings. The van der Waals surface area contributed by atoms with Crippen LogP contribution in [-0.2, 0) is 13.2 Å². The summed E-state index contributed by atoms with van der Waals surface area (Å²) in [5.74, 6) is -0.0351. The van der Waals surface area contributed by atoms with E-state index in [0.29, 0.717) is 12.4 Å². The van der Waals surface area contributed by atoms with E-state index in [2.05, 4.69) is 29.7 Å². The van der Waals surface area contributed by atoms with Crippen LogP contribution in [0.2, 0.25) is 0 Å². The van der Waals surface area contributed by atoms with Crippen molar-refractivity contribution in [2.75, 3.05) is 0 Å². The number of benzene rings is 2. The second kappa shape index (κ2) is 5.37. The minimum Gasteiger partial charge on any atom is -0.484 e. The molecule has 1 heterocycles. The summed E-state index contributed by atoms with van der Waals surface area (Å²) in [6.45, 7) is 3.33. The Kier molecular flexibility index (Phi) is 3.42. The highest BCUT2D eigenvalue weighted by atomic mass is 19.1. The lowest BCUT2D eigenvalue weighted by atomic mass is 10.2. The lowest BCUT2D eigenvalue weighted by molar-refractivity contribution is 0.281. The molecule has 0 atom stereocenters. The largest absolute Gasteiger partial charge is 0.484 e. The molecule has 0 aliphatic rings. The zero-order valence-electron chi connectivity index (χ0n) is 11.3. The molecule has 0 spiro atoms. The monoisotopic (exact) mass is 269 g/mol. The molecule has 0 saturated carbocycles. The topological polar surface area (TPSA) is 14.2 Å². The molecule has 0 unspecified atom stereocenters. The number of ether oxygens (including phenoxy) is 1. The predicted molar refractivity (Wildman–Crippen MR) is 78.3 cm³/mol. The van der Waals surface area contributed by atoms with Crippen LogP contribution in [0.25, 0.3) is 10.9 Å². The number of hydrogen-bond donors (Lipinski definition) is 0. The van der Waals surface area contributed by atoms with E-state index in [1.807, 2.05) is 12.1 Å². The summed E-state index contributed by atoms with van der Waals surface area (Å²) in [5, 5.41) is 1.18. The molecule has 102 valence electrons. The molecule has 0 N–H and O–H groups in total. The number of fused-ring (bicyclic) bond motifs is 1. The van der Waals surface area contributed by atoms with Gasteiger partial charge in [-0.1, -0.05) is 30.3 Å². The number of aryl methyl sites for hydroxylation is 1. The summed E-state index contributed by atoms with van der Waals surface area (Å²) in [4.78, 5) is 0. The standard InChI is InChI=1S/C17H16FNO/c1-2-19-14(11-13-7-3-5-9-16(13)19)12-20-17-10-6-4-8-15(17)18/h3-11H,2,12H2,1H3. The van der Waals surface area contributed by atoms with Crippen molar-refractivity contribution in [2.24, 2.45) is 0 Å². The summed E-state index contributed by atoms with van der Waals surface area (Å²) in [5.41, 5.74) is 2.24. The highest BCUT2D eigenvalue weighted by molar-refractivity contribution is 5.81. The van der Waals surface area contributed by atoms with Gasteiger partial charge in [0, 0.05) is 12.1 Å². The Hall–Kier alpha value is -2.29. The van der Waals surface area contributed by atoms with Gasteiger partial charge in [-0.05, 0) is 36.6 Å². The fourth-order valence-electron chi connectivity index (χ4n) is 2.47. The van der Waals surface area contributed by atoms with Crippen LogP contribution in [-0.4, -0.2) is 4.57 Å². The van der Waals surface area contributed by atoms with Gasteiger partial charge in [0.1, 0.15) is 6.61 Å². The lowest BCUT2D eigenvalue weighted by Crippen LogP contribution is -2.05. The molecule has 2 nitrogen and oxygen atoms in total. The maximum absolute atomic E-state index is 13.5. The fourth-order valence-corrected chi connectivity index (χ4v) is 2.47. The minimum atomic E-state index is -0.327. The van der Waals surface area contributed by atoms with Gasteiger partial charge in [0.15, 0.2) is 11.6 Å². The van der Waals surface area contributed by atoms with E-state index in [9.17, 15) is 4.39 Å². The van der Waals surface area contributed by atoms with Crippen LogP contribution < -0.4 is 4.74 Å². The zero-order valence-corrected chi connectivity index (χ0v) is 11.3. The molecule has 3 heteroatoms. The molecule has 2 aromatic carbocycles. The molecule has 0 aliphatic carbocycles. The molecule has 0 bridgehead atoms. The Morgan fingerprint density at radius 3 is 2.60 bits per heavy atom. The number of hydrogen-bond acceptors (Lipinski definition) is 1. The maximum atomic E-state index is 13.5. The van der Waals surface area contributed by atoms with E-state index in [1.165, 1.54) is 17.0 Å². The van der Waals surface area contributed by atoms with Crippen LogP contribution in [0.1, 0.15) is 12.6 Å². The Morgan fingerprint density at radius 2 is 1.80 bits per heavy atom. The maximum Gasteiger partial charge on any atom is 0.165 e. The van der Waals surface area contributed by atoms with Crippen molar-refractivity contribution in [3.63, 3.8) is 0 Å². The summed E-state index contributed by atoms with van der Waals surface area (Å²) in [6.07, 6.45) is 0. The molecule has 0 amide bonds. The highest BCUT2D eigenvalue weighted by Gasteiger charge is 2.09. The van der Waals surface area contributed by atoms with Crippen LogP contribution >= 0.6 is 0 Å². The van der Waals surface area contributed by atoms with Crippen LogP contribution in [0.3, 0.4) is 0 Å². The van der Waals surface area contributed by atoms with E-state index in [4.69, 9.17) is 4.74 Å². The summed E-state index contributed by atoms with van der Waals surface area (Å²) < 4.78 is 21.3. The third-order valence-corrected chi connectivity index (χ3v) is 3.42. The second-order valence-electron chi connectivity index (χ2n) is 4.66. The van der Waals surface area contributed by atoms with Gasteiger partial charge in [0.25, 0.3) is 0 Å². The first kappa shape index (κ1) is 12.7. The Balaban J connectivity index is 1.89. The summed E-state index contributed by atoms with van der Waals surface area (Å²) >= 11 is 0. The average Bonchev–Trinajstić information content (AvgIpc) is 2.84. The van der Waals surface area contributed by atoms with Gasteiger partial charge >= 0.3 is 0 Å². The van der Waals surface area contributed by atoms with Crippen LogP contribution in [0.15, 0.2) is 54.6 Å². The number of rotatable bonds is 4. The molecule has 0 saturated heterocycles. The van der Waals surface area contributed by atoms with Gasteiger partial charge < -0.3 is 9.30 Å². The van der Waals surface area contributed by atoms with Gasteiger partial charge in [-0.25, -0.2) is 4.39 Å². The summed E-state index contributed by atoms with van der Waals surface area (Å²) in [7, 11) is 0. The molecule has 20 heavy (non-hydrogen) atoms. The van der Waals surface area contributed by atoms with Crippen molar-refractivity contribution in [2.45, 2.75) is 20.1 Å². The predicted octanol–water partition coefficient (Wildman–Crippen LogP) is 4.38. The highest BCUT2D eigenvalue weighted by Crippen LogP contribution is 2.22. The van der Waals surface area contributed by atoms with Gasteiger partial charge in [-0.15, -0.1) is 0 Å². The lowest BCUT2D eigenvalue weighted by Gasteiger charge is -2.10. The van der Waals surface area contributed by atoms with Gasteiger partial charge in [0.05, 0.1) is 5.69 Å². The molecular weight excluding hydrogens is 253 g/mol. The van der Waals surface area contributed by atoms with Crippen molar-refractivity contribution in [3.8, 4) is 5.75 Å². The molecular formula is C17H16FNO. The van der Waals surface area contributed by atoms with Gasteiger partial charge in [0.2, 0.25) is 0 Å². The number of nitrogens with zero attached hydrogens (tertiary/aromatic N) is 1. The molecule has 3 rings (SSSR count). The van der Waals surface area contributed by atoms with Crippen LogP contribution in [0, 0.1) is 5.82 Å². The molecule has 1 aromatic heterocycles. The van der Waals surface area contributed by atoms with E-state index >= 15 is 0 Å². The third-order valence-electron chi connectivity index (χ3n) is 3.42. The average molecular weight is 269 g/mol. The zero-order chi connectivity index (χ0) is 13.9. The van der Waals surface area contributed by atoms with Crippen LogP contribution in [0.5, 0.6) is 5.75 Å².